The van der Waals surface area contributed by atoms with Gasteiger partial charge in [0.2, 0.25) is 0 Å². The molecule has 2 aromatic carbocycles. The van der Waals surface area contributed by atoms with Crippen molar-refractivity contribution >= 4 is 11.4 Å². The van der Waals surface area contributed by atoms with Gasteiger partial charge in [0, 0.05) is 12.1 Å². The molecular weight excluding hydrogens is 298 g/mol. The molecule has 0 atom stereocenters. The number of ether oxygens (including phenoxy) is 2. The summed E-state index contributed by atoms with van der Waals surface area (Å²) < 4.78 is 11.7. The molecule has 0 saturated carbocycles. The summed E-state index contributed by atoms with van der Waals surface area (Å²) in [6.07, 6.45) is 0.909. The lowest BCUT2D eigenvalue weighted by Gasteiger charge is -2.23. The number of benzene rings is 2. The fourth-order valence-corrected chi connectivity index (χ4v) is 3.02. The summed E-state index contributed by atoms with van der Waals surface area (Å²) in [7, 11) is 0. The quantitative estimate of drug-likeness (QED) is 0.790. The standard InChI is InChI=1S/C21H27NO2/c1-14-12-16(21(3,4)5)13-15(2)19(14)22-17-8-6-9-18-20(17)24-11-7-10-23-18/h6,8-9,12-13,22H,7,10-11H2,1-5H3. The van der Waals surface area contributed by atoms with Crippen molar-refractivity contribution in [1.82, 2.24) is 0 Å². The molecule has 3 heteroatoms. The molecule has 3 nitrogen and oxygen atoms in total. The number of anilines is 2. The molecule has 0 saturated heterocycles. The summed E-state index contributed by atoms with van der Waals surface area (Å²) >= 11 is 0. The van der Waals surface area contributed by atoms with E-state index in [0.717, 1.165) is 29.3 Å². The molecule has 1 heterocycles. The van der Waals surface area contributed by atoms with Gasteiger partial charge in [-0.3, -0.25) is 0 Å². The summed E-state index contributed by atoms with van der Waals surface area (Å²) in [5.41, 5.74) is 6.09. The van der Waals surface area contributed by atoms with Gasteiger partial charge in [-0.1, -0.05) is 39.0 Å². The highest BCUT2D eigenvalue weighted by Gasteiger charge is 2.18. The first-order chi connectivity index (χ1) is 11.4. The lowest BCUT2D eigenvalue weighted by Crippen LogP contribution is -2.12. The van der Waals surface area contributed by atoms with Crippen molar-refractivity contribution in [3.8, 4) is 11.5 Å². The maximum Gasteiger partial charge on any atom is 0.184 e. The maximum absolute atomic E-state index is 5.92. The topological polar surface area (TPSA) is 30.5 Å². The van der Waals surface area contributed by atoms with Gasteiger partial charge in [0.25, 0.3) is 0 Å². The Morgan fingerprint density at radius 2 is 1.62 bits per heavy atom. The summed E-state index contributed by atoms with van der Waals surface area (Å²) in [5.74, 6) is 1.63. The Bertz CT molecular complexity index is 721. The Balaban J connectivity index is 1.98. The van der Waals surface area contributed by atoms with Gasteiger partial charge in [-0.15, -0.1) is 0 Å². The number of fused-ring (bicyclic) bond motifs is 1. The Morgan fingerprint density at radius 1 is 0.958 bits per heavy atom. The minimum Gasteiger partial charge on any atom is -0.489 e. The normalized spacial score (nSPS) is 14.2. The van der Waals surface area contributed by atoms with E-state index in [0.29, 0.717) is 13.2 Å². The van der Waals surface area contributed by atoms with Crippen LogP contribution in [0.5, 0.6) is 11.5 Å². The van der Waals surface area contributed by atoms with Crippen LogP contribution in [-0.2, 0) is 5.41 Å². The van der Waals surface area contributed by atoms with E-state index in [2.05, 4.69) is 52.1 Å². The second-order valence-electron chi connectivity index (χ2n) is 7.54. The maximum atomic E-state index is 5.92. The third kappa shape index (κ3) is 3.35. The highest BCUT2D eigenvalue weighted by Crippen LogP contribution is 2.40. The smallest absolute Gasteiger partial charge is 0.184 e. The van der Waals surface area contributed by atoms with Crippen molar-refractivity contribution in [3.05, 3.63) is 47.0 Å². The summed E-state index contributed by atoms with van der Waals surface area (Å²) in [6.45, 7) is 12.4. The van der Waals surface area contributed by atoms with Crippen LogP contribution in [0.3, 0.4) is 0 Å². The van der Waals surface area contributed by atoms with Crippen molar-refractivity contribution in [2.45, 2.75) is 46.5 Å². The van der Waals surface area contributed by atoms with Gasteiger partial charge >= 0.3 is 0 Å². The SMILES string of the molecule is Cc1cc(C(C)(C)C)cc(C)c1Nc1cccc2c1OCCCO2. The van der Waals surface area contributed by atoms with Gasteiger partial charge in [-0.05, 0) is 48.1 Å². The van der Waals surface area contributed by atoms with E-state index in [1.165, 1.54) is 16.7 Å². The molecule has 0 spiro atoms. The van der Waals surface area contributed by atoms with Crippen LogP contribution >= 0.6 is 0 Å². The van der Waals surface area contributed by atoms with Crippen LogP contribution in [0.4, 0.5) is 11.4 Å². The zero-order valence-corrected chi connectivity index (χ0v) is 15.3. The zero-order chi connectivity index (χ0) is 17.3. The van der Waals surface area contributed by atoms with Crippen LogP contribution in [0.25, 0.3) is 0 Å². The Morgan fingerprint density at radius 3 is 2.29 bits per heavy atom. The highest BCUT2D eigenvalue weighted by molar-refractivity contribution is 5.74. The second-order valence-corrected chi connectivity index (χ2v) is 7.54. The fraction of sp³-hybridized carbons (Fsp3) is 0.429. The molecule has 0 amide bonds. The number of aryl methyl sites for hydroxylation is 2. The molecule has 0 aliphatic carbocycles. The van der Waals surface area contributed by atoms with Gasteiger partial charge in [0.1, 0.15) is 0 Å². The van der Waals surface area contributed by atoms with Crippen molar-refractivity contribution in [3.63, 3.8) is 0 Å². The highest BCUT2D eigenvalue weighted by atomic mass is 16.5. The Labute approximate surface area is 145 Å². The minimum atomic E-state index is 0.148. The number of para-hydroxylation sites is 1. The number of rotatable bonds is 2. The largest absolute Gasteiger partial charge is 0.489 e. The molecule has 1 aliphatic heterocycles. The first kappa shape index (κ1) is 16.7. The van der Waals surface area contributed by atoms with E-state index in [1.54, 1.807) is 0 Å². The molecule has 0 unspecified atom stereocenters. The lowest BCUT2D eigenvalue weighted by molar-refractivity contribution is 0.297. The summed E-state index contributed by atoms with van der Waals surface area (Å²) in [4.78, 5) is 0. The van der Waals surface area contributed by atoms with Crippen LogP contribution in [0.15, 0.2) is 30.3 Å². The molecule has 2 aromatic rings. The van der Waals surface area contributed by atoms with E-state index in [1.807, 2.05) is 18.2 Å². The molecule has 128 valence electrons. The summed E-state index contributed by atoms with van der Waals surface area (Å²) in [5, 5.41) is 3.57. The first-order valence-electron chi connectivity index (χ1n) is 8.63. The average molecular weight is 325 g/mol. The van der Waals surface area contributed by atoms with Crippen molar-refractivity contribution < 1.29 is 9.47 Å². The third-order valence-corrected chi connectivity index (χ3v) is 4.43. The van der Waals surface area contributed by atoms with Crippen LogP contribution in [-0.4, -0.2) is 13.2 Å². The molecule has 0 radical (unpaired) electrons. The van der Waals surface area contributed by atoms with Crippen molar-refractivity contribution in [2.75, 3.05) is 18.5 Å². The third-order valence-electron chi connectivity index (χ3n) is 4.43. The molecular formula is C21H27NO2. The molecule has 24 heavy (non-hydrogen) atoms. The molecule has 1 N–H and O–H groups in total. The van der Waals surface area contributed by atoms with Crippen LogP contribution < -0.4 is 14.8 Å². The van der Waals surface area contributed by atoms with E-state index >= 15 is 0 Å². The molecule has 0 bridgehead atoms. The Kier molecular flexibility index (Phi) is 4.44. The van der Waals surface area contributed by atoms with E-state index in [4.69, 9.17) is 9.47 Å². The fourth-order valence-electron chi connectivity index (χ4n) is 3.02. The molecule has 1 aliphatic rings. The predicted octanol–water partition coefficient (Wildman–Crippen LogP) is 5.51. The molecule has 0 aromatic heterocycles. The van der Waals surface area contributed by atoms with Gasteiger partial charge in [-0.25, -0.2) is 0 Å². The van der Waals surface area contributed by atoms with E-state index < -0.39 is 0 Å². The first-order valence-corrected chi connectivity index (χ1v) is 8.63. The molecule has 3 rings (SSSR count). The van der Waals surface area contributed by atoms with E-state index in [9.17, 15) is 0 Å². The minimum absolute atomic E-state index is 0.148. The van der Waals surface area contributed by atoms with Gasteiger partial charge < -0.3 is 14.8 Å². The van der Waals surface area contributed by atoms with Gasteiger partial charge in [-0.2, -0.15) is 0 Å². The second kappa shape index (κ2) is 6.39. The van der Waals surface area contributed by atoms with Crippen LogP contribution in [0.1, 0.15) is 43.9 Å². The zero-order valence-electron chi connectivity index (χ0n) is 15.3. The number of nitrogens with one attached hydrogen (secondary N) is 1. The van der Waals surface area contributed by atoms with Crippen molar-refractivity contribution in [2.24, 2.45) is 0 Å². The number of hydrogen-bond acceptors (Lipinski definition) is 3. The average Bonchev–Trinajstić information content (AvgIpc) is 2.75. The van der Waals surface area contributed by atoms with Crippen LogP contribution in [0, 0.1) is 13.8 Å². The summed E-state index contributed by atoms with van der Waals surface area (Å²) in [6, 6.07) is 10.6. The monoisotopic (exact) mass is 325 g/mol. The number of hydrogen-bond donors (Lipinski definition) is 1. The van der Waals surface area contributed by atoms with E-state index in [-0.39, 0.29) is 5.41 Å². The van der Waals surface area contributed by atoms with Gasteiger partial charge in [0.05, 0.1) is 18.9 Å². The Hall–Kier alpha value is -2.16. The predicted molar refractivity (Wildman–Crippen MR) is 99.9 cm³/mol. The molecule has 0 fully saturated rings. The van der Waals surface area contributed by atoms with Gasteiger partial charge in [0.15, 0.2) is 11.5 Å². The van der Waals surface area contributed by atoms with Crippen molar-refractivity contribution in [1.29, 1.82) is 0 Å². The van der Waals surface area contributed by atoms with Crippen LogP contribution in [0.2, 0.25) is 0 Å². The lowest BCUT2D eigenvalue weighted by atomic mass is 9.85.